The number of benzene rings is 1. The van der Waals surface area contributed by atoms with Crippen molar-refractivity contribution in [2.24, 2.45) is 0 Å². The number of carbonyl (C=O) groups is 1. The summed E-state index contributed by atoms with van der Waals surface area (Å²) in [5.74, 6) is 0.0285. The second-order valence-electron chi connectivity index (χ2n) is 6.56. The third-order valence-corrected chi connectivity index (χ3v) is 5.77. The van der Waals surface area contributed by atoms with Gasteiger partial charge in [-0.25, -0.2) is 4.98 Å². The molecule has 2 bridgehead atoms. The van der Waals surface area contributed by atoms with Gasteiger partial charge in [0.15, 0.2) is 0 Å². The smallest absolute Gasteiger partial charge is 0.263 e. The maximum absolute atomic E-state index is 12.8. The summed E-state index contributed by atoms with van der Waals surface area (Å²) >= 11 is 1.48. The Hall–Kier alpha value is -1.72. The summed E-state index contributed by atoms with van der Waals surface area (Å²) in [6, 6.07) is 11.4. The van der Waals surface area contributed by atoms with Gasteiger partial charge < -0.3 is 10.6 Å². The first-order valence-corrected chi connectivity index (χ1v) is 9.10. The first kappa shape index (κ1) is 14.8. The zero-order chi connectivity index (χ0) is 15.8. The summed E-state index contributed by atoms with van der Waals surface area (Å²) < 4.78 is 0. The van der Waals surface area contributed by atoms with Crippen molar-refractivity contribution < 1.29 is 4.79 Å². The van der Waals surface area contributed by atoms with E-state index in [1.165, 1.54) is 24.2 Å². The fraction of sp³-hybridized carbons (Fsp3) is 0.444. The van der Waals surface area contributed by atoms with E-state index in [1.807, 2.05) is 37.3 Å². The SMILES string of the molecule is Cc1nc(-c2ccccc2)c(C(=O)NC2CC3CCC(C2)N3)s1. The van der Waals surface area contributed by atoms with Gasteiger partial charge in [-0.15, -0.1) is 11.3 Å². The molecule has 1 aromatic carbocycles. The van der Waals surface area contributed by atoms with Gasteiger partial charge in [0.05, 0.1) is 10.7 Å². The first-order chi connectivity index (χ1) is 11.2. The number of thiazole rings is 1. The lowest BCUT2D eigenvalue weighted by atomic mass is 9.99. The van der Waals surface area contributed by atoms with Crippen LogP contribution in [-0.4, -0.2) is 29.0 Å². The quantitative estimate of drug-likeness (QED) is 0.910. The highest BCUT2D eigenvalue weighted by atomic mass is 32.1. The van der Waals surface area contributed by atoms with Crippen LogP contribution < -0.4 is 10.6 Å². The Morgan fingerprint density at radius 2 is 1.91 bits per heavy atom. The third kappa shape index (κ3) is 3.03. The van der Waals surface area contributed by atoms with Crippen molar-refractivity contribution >= 4 is 17.2 Å². The van der Waals surface area contributed by atoms with E-state index in [-0.39, 0.29) is 11.9 Å². The van der Waals surface area contributed by atoms with Gasteiger partial charge in [-0.2, -0.15) is 0 Å². The van der Waals surface area contributed by atoms with E-state index in [2.05, 4.69) is 15.6 Å². The summed E-state index contributed by atoms with van der Waals surface area (Å²) in [6.45, 7) is 1.96. The highest BCUT2D eigenvalue weighted by Crippen LogP contribution is 2.30. The summed E-state index contributed by atoms with van der Waals surface area (Å²) in [5.41, 5.74) is 1.81. The van der Waals surface area contributed by atoms with Crippen molar-refractivity contribution in [2.75, 3.05) is 0 Å². The normalized spacial score (nSPS) is 26.2. The Bertz CT molecular complexity index is 700. The second-order valence-corrected chi connectivity index (χ2v) is 7.76. The van der Waals surface area contributed by atoms with Gasteiger partial charge in [0, 0.05) is 23.7 Å². The molecule has 2 aromatic rings. The summed E-state index contributed by atoms with van der Waals surface area (Å²) in [7, 11) is 0. The number of piperidine rings is 1. The molecule has 2 aliphatic rings. The molecule has 4 rings (SSSR count). The first-order valence-electron chi connectivity index (χ1n) is 8.29. The monoisotopic (exact) mass is 327 g/mol. The number of fused-ring (bicyclic) bond motifs is 2. The van der Waals surface area contributed by atoms with Gasteiger partial charge in [-0.1, -0.05) is 30.3 Å². The lowest BCUT2D eigenvalue weighted by molar-refractivity contribution is 0.0928. The van der Waals surface area contributed by atoms with Gasteiger partial charge in [-0.05, 0) is 32.6 Å². The molecule has 120 valence electrons. The van der Waals surface area contributed by atoms with E-state index in [4.69, 9.17) is 0 Å². The average Bonchev–Trinajstić information content (AvgIpc) is 3.11. The minimum Gasteiger partial charge on any atom is -0.348 e. The fourth-order valence-corrected chi connectivity index (χ4v) is 4.64. The molecule has 2 unspecified atom stereocenters. The lowest BCUT2D eigenvalue weighted by Crippen LogP contribution is -2.47. The maximum atomic E-state index is 12.8. The molecule has 1 amide bonds. The van der Waals surface area contributed by atoms with Crippen molar-refractivity contribution in [3.8, 4) is 11.3 Å². The summed E-state index contributed by atoms with van der Waals surface area (Å²) in [5, 5.41) is 7.79. The van der Waals surface area contributed by atoms with Crippen molar-refractivity contribution in [3.63, 3.8) is 0 Å². The number of hydrogen-bond acceptors (Lipinski definition) is 4. The lowest BCUT2D eigenvalue weighted by Gasteiger charge is -2.29. The molecule has 5 heteroatoms. The Labute approximate surface area is 140 Å². The van der Waals surface area contributed by atoms with Gasteiger partial charge in [0.1, 0.15) is 4.88 Å². The van der Waals surface area contributed by atoms with Crippen molar-refractivity contribution in [1.29, 1.82) is 0 Å². The maximum Gasteiger partial charge on any atom is 0.263 e. The predicted molar refractivity (Wildman–Crippen MR) is 92.7 cm³/mol. The minimum absolute atomic E-state index is 0.0285. The molecule has 0 aliphatic carbocycles. The Kier molecular flexibility index (Phi) is 3.91. The number of hydrogen-bond donors (Lipinski definition) is 2. The molecular weight excluding hydrogens is 306 g/mol. The van der Waals surface area contributed by atoms with Crippen LogP contribution in [0.1, 0.15) is 40.4 Å². The molecule has 0 saturated carbocycles. The summed E-state index contributed by atoms with van der Waals surface area (Å²) in [4.78, 5) is 18.1. The van der Waals surface area contributed by atoms with Crippen LogP contribution in [0.4, 0.5) is 0 Å². The van der Waals surface area contributed by atoms with Crippen LogP contribution in [0.5, 0.6) is 0 Å². The highest BCUT2D eigenvalue weighted by molar-refractivity contribution is 7.14. The highest BCUT2D eigenvalue weighted by Gasteiger charge is 2.34. The number of nitrogens with one attached hydrogen (secondary N) is 2. The standard InChI is InChI=1S/C18H21N3OS/c1-11-19-16(12-5-3-2-4-6-12)17(23-11)18(22)21-15-9-13-7-8-14(10-15)20-13/h2-6,13-15,20H,7-10H2,1H3,(H,21,22). The van der Waals surface area contributed by atoms with Crippen LogP contribution >= 0.6 is 11.3 Å². The molecule has 2 N–H and O–H groups in total. The largest absolute Gasteiger partial charge is 0.348 e. The molecule has 2 aliphatic heterocycles. The van der Waals surface area contributed by atoms with Crippen LogP contribution in [0, 0.1) is 6.92 Å². The molecule has 2 fully saturated rings. The van der Waals surface area contributed by atoms with Crippen molar-refractivity contribution in [2.45, 2.75) is 50.7 Å². The molecule has 4 nitrogen and oxygen atoms in total. The van der Waals surface area contributed by atoms with Gasteiger partial charge in [-0.3, -0.25) is 4.79 Å². The van der Waals surface area contributed by atoms with Crippen molar-refractivity contribution in [3.05, 3.63) is 40.2 Å². The predicted octanol–water partition coefficient (Wildman–Crippen LogP) is 3.13. The number of rotatable bonds is 3. The van der Waals surface area contributed by atoms with E-state index in [0.29, 0.717) is 12.1 Å². The third-order valence-electron chi connectivity index (χ3n) is 4.80. The zero-order valence-corrected chi connectivity index (χ0v) is 14.0. The second kappa shape index (κ2) is 6.06. The van der Waals surface area contributed by atoms with Crippen molar-refractivity contribution in [1.82, 2.24) is 15.6 Å². The van der Waals surface area contributed by atoms with E-state index >= 15 is 0 Å². The molecule has 1 aromatic heterocycles. The zero-order valence-electron chi connectivity index (χ0n) is 13.2. The van der Waals surface area contributed by atoms with E-state index < -0.39 is 0 Å². The van der Waals surface area contributed by atoms with Gasteiger partial charge in [0.25, 0.3) is 5.91 Å². The Balaban J connectivity index is 1.55. The van der Waals surface area contributed by atoms with Crippen LogP contribution in [0.3, 0.4) is 0 Å². The number of aryl methyl sites for hydroxylation is 1. The van der Waals surface area contributed by atoms with Gasteiger partial charge in [0.2, 0.25) is 0 Å². The molecule has 0 spiro atoms. The molecule has 0 radical (unpaired) electrons. The Morgan fingerprint density at radius 3 is 2.61 bits per heavy atom. The van der Waals surface area contributed by atoms with Gasteiger partial charge >= 0.3 is 0 Å². The molecule has 3 heterocycles. The van der Waals surface area contributed by atoms with Crippen LogP contribution in [0.15, 0.2) is 30.3 Å². The van der Waals surface area contributed by atoms with Crippen LogP contribution in [-0.2, 0) is 0 Å². The molecular formula is C18H21N3OS. The van der Waals surface area contributed by atoms with E-state index in [9.17, 15) is 4.79 Å². The Morgan fingerprint density at radius 1 is 1.22 bits per heavy atom. The number of aromatic nitrogens is 1. The number of carbonyl (C=O) groups excluding carboxylic acids is 1. The van der Waals surface area contributed by atoms with Crippen LogP contribution in [0.2, 0.25) is 0 Å². The topological polar surface area (TPSA) is 54.0 Å². The number of amides is 1. The van der Waals surface area contributed by atoms with E-state index in [1.54, 1.807) is 0 Å². The average molecular weight is 327 g/mol. The summed E-state index contributed by atoms with van der Waals surface area (Å²) in [6.07, 6.45) is 4.57. The minimum atomic E-state index is 0.0285. The number of nitrogens with zero attached hydrogens (tertiary/aromatic N) is 1. The van der Waals surface area contributed by atoms with Crippen LogP contribution in [0.25, 0.3) is 11.3 Å². The molecule has 2 saturated heterocycles. The fourth-order valence-electron chi connectivity index (χ4n) is 3.80. The molecule has 2 atom stereocenters. The molecule has 23 heavy (non-hydrogen) atoms. The van der Waals surface area contributed by atoms with E-state index in [0.717, 1.165) is 34.0 Å².